The molecule has 1 aliphatic heterocycles. The summed E-state index contributed by atoms with van der Waals surface area (Å²) < 4.78 is 0. The molecule has 84 valence electrons. The van der Waals surface area contributed by atoms with Gasteiger partial charge in [0.1, 0.15) is 0 Å². The molecule has 3 unspecified atom stereocenters. The molecule has 0 aromatic heterocycles. The second kappa shape index (κ2) is 5.50. The van der Waals surface area contributed by atoms with Crippen LogP contribution in [0.1, 0.15) is 60.3 Å². The summed E-state index contributed by atoms with van der Waals surface area (Å²) in [6.07, 6.45) is 4.14. The maximum atomic E-state index is 12.4. The predicted octanol–water partition coefficient (Wildman–Crippen LogP) is 0.558. The minimum Gasteiger partial charge on any atom is -0.784 e. The molecule has 0 amide bonds. The Bertz CT molecular complexity index is 212. The molecule has 0 N–H and O–H groups in total. The minimum atomic E-state index is -0.150. The average Bonchev–Trinajstić information content (AvgIpc) is 2.21. The van der Waals surface area contributed by atoms with Crippen LogP contribution in [0.15, 0.2) is 0 Å². The molecule has 1 saturated heterocycles. The summed E-state index contributed by atoms with van der Waals surface area (Å²) in [5.74, 6) is 0.518. The predicted molar refractivity (Wildman–Crippen MR) is 61.0 cm³/mol. The van der Waals surface area contributed by atoms with Gasteiger partial charge in [0.25, 0.3) is 0 Å². The normalized spacial score (nSPS) is 42.4. The number of hydrogen-bond acceptors (Lipinski definition) is 2. The SMILES string of the molecule is CCC1(C)CCC(C)C(C)(CC)N1[O-].[Na+]. The molecule has 0 spiro atoms. The molecule has 1 rings (SSSR count). The van der Waals surface area contributed by atoms with Crippen LogP contribution in [0.2, 0.25) is 0 Å². The molecule has 0 radical (unpaired) electrons. The van der Waals surface area contributed by atoms with E-state index >= 15 is 0 Å². The van der Waals surface area contributed by atoms with Gasteiger partial charge in [0.15, 0.2) is 0 Å². The summed E-state index contributed by atoms with van der Waals surface area (Å²) in [6, 6.07) is 0. The Morgan fingerprint density at radius 2 is 1.80 bits per heavy atom. The molecule has 2 nitrogen and oxygen atoms in total. The third kappa shape index (κ3) is 2.61. The van der Waals surface area contributed by atoms with Gasteiger partial charge in [-0.3, -0.25) is 0 Å². The number of piperidine rings is 1. The molecule has 3 heteroatoms. The first kappa shape index (κ1) is 15.9. The zero-order chi connectivity index (χ0) is 11.0. The largest absolute Gasteiger partial charge is 1.00 e. The van der Waals surface area contributed by atoms with E-state index in [4.69, 9.17) is 0 Å². The fraction of sp³-hybridized carbons (Fsp3) is 1.00. The molecule has 0 saturated carbocycles. The van der Waals surface area contributed by atoms with Crippen LogP contribution >= 0.6 is 0 Å². The molecule has 0 bridgehead atoms. The third-order valence-corrected chi connectivity index (χ3v) is 4.61. The van der Waals surface area contributed by atoms with Gasteiger partial charge in [-0.15, -0.1) is 0 Å². The molecule has 1 aliphatic rings. The first-order chi connectivity index (χ1) is 6.40. The van der Waals surface area contributed by atoms with E-state index in [-0.39, 0.29) is 40.6 Å². The van der Waals surface area contributed by atoms with E-state index in [0.29, 0.717) is 5.92 Å². The quantitative estimate of drug-likeness (QED) is 0.637. The first-order valence-corrected chi connectivity index (χ1v) is 5.88. The van der Waals surface area contributed by atoms with Crippen LogP contribution in [-0.2, 0) is 0 Å². The van der Waals surface area contributed by atoms with Crippen LogP contribution in [0.4, 0.5) is 0 Å². The Morgan fingerprint density at radius 3 is 2.20 bits per heavy atom. The van der Waals surface area contributed by atoms with Gasteiger partial charge in [-0.25, -0.2) is 0 Å². The van der Waals surface area contributed by atoms with Crippen molar-refractivity contribution in [1.29, 1.82) is 0 Å². The Balaban J connectivity index is 0.00000196. The van der Waals surface area contributed by atoms with Crippen molar-refractivity contribution in [2.45, 2.75) is 71.4 Å². The van der Waals surface area contributed by atoms with Gasteiger partial charge in [-0.2, -0.15) is 0 Å². The van der Waals surface area contributed by atoms with Crippen LogP contribution in [0, 0.1) is 11.1 Å². The molecule has 1 heterocycles. The Labute approximate surface area is 117 Å². The molecule has 1 fully saturated rings. The molecule has 3 atom stereocenters. The first-order valence-electron chi connectivity index (χ1n) is 5.88. The van der Waals surface area contributed by atoms with E-state index in [9.17, 15) is 5.21 Å². The fourth-order valence-electron chi connectivity index (χ4n) is 2.57. The number of nitrogens with zero attached hydrogens (tertiary/aromatic N) is 1. The summed E-state index contributed by atoms with van der Waals surface area (Å²) in [4.78, 5) is 0. The summed E-state index contributed by atoms with van der Waals surface area (Å²) in [5, 5.41) is 13.8. The average molecular weight is 221 g/mol. The topological polar surface area (TPSA) is 26.3 Å². The van der Waals surface area contributed by atoms with Gasteiger partial charge in [0.2, 0.25) is 0 Å². The fourth-order valence-corrected chi connectivity index (χ4v) is 2.57. The Morgan fingerprint density at radius 1 is 1.27 bits per heavy atom. The number of rotatable bonds is 2. The van der Waals surface area contributed by atoms with Crippen LogP contribution in [0.25, 0.3) is 0 Å². The van der Waals surface area contributed by atoms with E-state index in [1.807, 2.05) is 0 Å². The van der Waals surface area contributed by atoms with Crippen molar-refractivity contribution >= 4 is 0 Å². The smallest absolute Gasteiger partial charge is 0.784 e. The maximum Gasteiger partial charge on any atom is 1.00 e. The van der Waals surface area contributed by atoms with Crippen LogP contribution < -0.4 is 29.6 Å². The number of hydroxylamine groups is 2. The van der Waals surface area contributed by atoms with Gasteiger partial charge in [-0.1, -0.05) is 20.8 Å². The van der Waals surface area contributed by atoms with E-state index in [2.05, 4.69) is 34.6 Å². The monoisotopic (exact) mass is 221 g/mol. The molecule has 0 aromatic carbocycles. The van der Waals surface area contributed by atoms with Gasteiger partial charge >= 0.3 is 29.6 Å². The van der Waals surface area contributed by atoms with E-state index in [1.165, 1.54) is 11.5 Å². The van der Waals surface area contributed by atoms with Crippen molar-refractivity contribution in [3.8, 4) is 0 Å². The Kier molecular flexibility index (Phi) is 5.84. The van der Waals surface area contributed by atoms with Gasteiger partial charge in [-0.05, 0) is 45.4 Å². The maximum absolute atomic E-state index is 12.4. The standard InChI is InChI=1S/C12H24NO.Na/c1-6-11(4)9-8-10(3)12(5,7-2)13(11)14;/h10H,6-9H2,1-5H3;/q-1;+1. The van der Waals surface area contributed by atoms with E-state index in [1.54, 1.807) is 0 Å². The van der Waals surface area contributed by atoms with Gasteiger partial charge in [0.05, 0.1) is 0 Å². The molecule has 0 aromatic rings. The molecular weight excluding hydrogens is 197 g/mol. The van der Waals surface area contributed by atoms with Crippen molar-refractivity contribution in [3.05, 3.63) is 5.21 Å². The zero-order valence-corrected chi connectivity index (χ0v) is 13.3. The van der Waals surface area contributed by atoms with E-state index < -0.39 is 0 Å². The van der Waals surface area contributed by atoms with Crippen molar-refractivity contribution < 1.29 is 29.6 Å². The molecule has 15 heavy (non-hydrogen) atoms. The number of hydrogen-bond donors (Lipinski definition) is 0. The zero-order valence-electron chi connectivity index (χ0n) is 11.3. The van der Waals surface area contributed by atoms with Crippen molar-refractivity contribution in [3.63, 3.8) is 0 Å². The summed E-state index contributed by atoms with van der Waals surface area (Å²) in [6.45, 7) is 10.7. The second-order valence-electron chi connectivity index (χ2n) is 5.30. The third-order valence-electron chi connectivity index (χ3n) is 4.61. The molecule has 0 aliphatic carbocycles. The molecular formula is C12H24NNaO. The summed E-state index contributed by atoms with van der Waals surface area (Å²) in [5.41, 5.74) is -0.277. The van der Waals surface area contributed by atoms with Crippen LogP contribution in [0.3, 0.4) is 0 Å². The van der Waals surface area contributed by atoms with E-state index in [0.717, 1.165) is 19.3 Å². The van der Waals surface area contributed by atoms with Gasteiger partial charge < -0.3 is 10.3 Å². The minimum absolute atomic E-state index is 0. The summed E-state index contributed by atoms with van der Waals surface area (Å²) >= 11 is 0. The second-order valence-corrected chi connectivity index (χ2v) is 5.30. The Hall–Kier alpha value is 0.920. The van der Waals surface area contributed by atoms with Crippen molar-refractivity contribution in [2.75, 3.05) is 0 Å². The summed E-state index contributed by atoms with van der Waals surface area (Å²) in [7, 11) is 0. The van der Waals surface area contributed by atoms with Crippen molar-refractivity contribution in [2.24, 2.45) is 5.92 Å². The van der Waals surface area contributed by atoms with Crippen LogP contribution in [0.5, 0.6) is 0 Å². The van der Waals surface area contributed by atoms with Crippen LogP contribution in [-0.4, -0.2) is 16.1 Å². The van der Waals surface area contributed by atoms with Crippen molar-refractivity contribution in [1.82, 2.24) is 5.06 Å². The van der Waals surface area contributed by atoms with Gasteiger partial charge in [0, 0.05) is 11.1 Å².